The molecule has 1 atom stereocenters. The first kappa shape index (κ1) is 28.8. The monoisotopic (exact) mass is 573 g/mol. The van der Waals surface area contributed by atoms with Crippen LogP contribution in [0.15, 0.2) is 29.1 Å². The number of carbonyl (C=O) groups excluding carboxylic acids is 1. The zero-order chi connectivity index (χ0) is 29.3. The number of nitrogens with one attached hydrogen (secondary N) is 2. The van der Waals surface area contributed by atoms with Crippen LogP contribution in [0.25, 0.3) is 11.4 Å². The number of alkyl halides is 3. The van der Waals surface area contributed by atoms with Crippen molar-refractivity contribution in [1.29, 1.82) is 0 Å². The molecule has 3 heterocycles. The van der Waals surface area contributed by atoms with Gasteiger partial charge in [-0.25, -0.2) is 0 Å². The minimum atomic E-state index is -4.48. The predicted octanol–water partition coefficient (Wildman–Crippen LogP) is 3.41. The number of amides is 1. The standard InChI is InChI=1S/C28H34F3N7O3/c1-4-22-24(36-13-11-32-12-14-36)26(40)38-27(34-25(35-38)18-5-8-20(41-3)9-6-18)37(22)16-23(39)33-21-10-7-19(15-17(21)2)28(29,30)31/h5,7,10,15,20,32H,4,6,8-9,11-14,16H2,1-3H3,(H,33,39). The summed E-state index contributed by atoms with van der Waals surface area (Å²) in [6.45, 7) is 5.90. The van der Waals surface area contributed by atoms with Crippen molar-refractivity contribution in [2.45, 2.75) is 58.4 Å². The number of nitrogens with zero attached hydrogens (tertiary/aromatic N) is 5. The van der Waals surface area contributed by atoms with Gasteiger partial charge in [0.15, 0.2) is 5.82 Å². The van der Waals surface area contributed by atoms with E-state index in [9.17, 15) is 22.8 Å². The second-order valence-corrected chi connectivity index (χ2v) is 10.4. The molecular weight excluding hydrogens is 539 g/mol. The van der Waals surface area contributed by atoms with Gasteiger partial charge in [-0.15, -0.1) is 5.10 Å². The van der Waals surface area contributed by atoms with E-state index < -0.39 is 17.6 Å². The lowest BCUT2D eigenvalue weighted by Crippen LogP contribution is -2.47. The molecule has 41 heavy (non-hydrogen) atoms. The number of aromatic nitrogens is 4. The van der Waals surface area contributed by atoms with Crippen molar-refractivity contribution >= 4 is 28.6 Å². The van der Waals surface area contributed by atoms with E-state index in [0.717, 1.165) is 24.1 Å². The van der Waals surface area contributed by atoms with Gasteiger partial charge >= 0.3 is 6.18 Å². The van der Waals surface area contributed by atoms with Gasteiger partial charge < -0.3 is 24.8 Å². The Kier molecular flexibility index (Phi) is 8.18. The molecule has 1 fully saturated rings. The van der Waals surface area contributed by atoms with Crippen molar-refractivity contribution in [3.05, 3.63) is 57.3 Å². The maximum atomic E-state index is 13.8. The Labute approximate surface area is 235 Å². The fraction of sp³-hybridized carbons (Fsp3) is 0.500. The average molecular weight is 574 g/mol. The summed E-state index contributed by atoms with van der Waals surface area (Å²) in [5, 5.41) is 10.6. The molecule has 5 rings (SSSR count). The summed E-state index contributed by atoms with van der Waals surface area (Å²) in [5.74, 6) is 0.224. The summed E-state index contributed by atoms with van der Waals surface area (Å²) in [6, 6.07) is 3.20. The predicted molar refractivity (Wildman–Crippen MR) is 149 cm³/mol. The van der Waals surface area contributed by atoms with Crippen LogP contribution in [0, 0.1) is 6.92 Å². The van der Waals surface area contributed by atoms with Gasteiger partial charge in [0, 0.05) is 39.0 Å². The SMILES string of the molecule is CCc1c(N2CCNCC2)c(=O)n2nc(C3=CCC(OC)CC3)nc2n1CC(=O)Nc1ccc(C(F)(F)F)cc1C. The van der Waals surface area contributed by atoms with Gasteiger partial charge in [-0.1, -0.05) is 13.0 Å². The highest BCUT2D eigenvalue weighted by Crippen LogP contribution is 2.32. The van der Waals surface area contributed by atoms with Crippen molar-refractivity contribution in [2.75, 3.05) is 43.5 Å². The average Bonchev–Trinajstić information content (AvgIpc) is 3.41. The van der Waals surface area contributed by atoms with E-state index in [1.54, 1.807) is 11.7 Å². The summed E-state index contributed by atoms with van der Waals surface area (Å²) in [5.41, 5.74) is 1.54. The number of rotatable bonds is 7. The van der Waals surface area contributed by atoms with E-state index in [4.69, 9.17) is 9.72 Å². The Morgan fingerprint density at radius 1 is 1.24 bits per heavy atom. The first-order valence-electron chi connectivity index (χ1n) is 13.8. The van der Waals surface area contributed by atoms with Crippen LogP contribution in [-0.2, 0) is 28.7 Å². The summed E-state index contributed by atoms with van der Waals surface area (Å²) >= 11 is 0. The molecular formula is C28H34F3N7O3. The minimum absolute atomic E-state index is 0.124. The van der Waals surface area contributed by atoms with Gasteiger partial charge in [-0.2, -0.15) is 22.7 Å². The number of carbonyl (C=O) groups is 1. The third-order valence-corrected chi connectivity index (χ3v) is 7.71. The van der Waals surface area contributed by atoms with Crippen molar-refractivity contribution in [2.24, 2.45) is 0 Å². The van der Waals surface area contributed by atoms with Crippen molar-refractivity contribution in [3.63, 3.8) is 0 Å². The smallest absolute Gasteiger partial charge is 0.381 e. The number of ether oxygens (including phenoxy) is 1. The van der Waals surface area contributed by atoms with E-state index in [1.165, 1.54) is 17.5 Å². The van der Waals surface area contributed by atoms with Gasteiger partial charge in [-0.3, -0.25) is 9.59 Å². The molecule has 1 aromatic carbocycles. The minimum Gasteiger partial charge on any atom is -0.381 e. The molecule has 0 bridgehead atoms. The molecule has 10 nitrogen and oxygen atoms in total. The second-order valence-electron chi connectivity index (χ2n) is 10.4. The molecule has 0 spiro atoms. The van der Waals surface area contributed by atoms with Gasteiger partial charge in [-0.05, 0) is 61.9 Å². The maximum Gasteiger partial charge on any atom is 0.416 e. The Bertz CT molecular complexity index is 1540. The topological polar surface area (TPSA) is 106 Å². The quantitative estimate of drug-likeness (QED) is 0.446. The highest BCUT2D eigenvalue weighted by atomic mass is 19.4. The Morgan fingerprint density at radius 2 is 2.00 bits per heavy atom. The Morgan fingerprint density at radius 3 is 2.61 bits per heavy atom. The summed E-state index contributed by atoms with van der Waals surface area (Å²) in [4.78, 5) is 33.9. The lowest BCUT2D eigenvalue weighted by atomic mass is 9.97. The number of benzene rings is 1. The second kappa shape index (κ2) is 11.6. The summed E-state index contributed by atoms with van der Waals surface area (Å²) in [7, 11) is 1.68. The van der Waals surface area contributed by atoms with Crippen LogP contribution in [-0.4, -0.2) is 64.5 Å². The number of hydrogen-bond acceptors (Lipinski definition) is 7. The van der Waals surface area contributed by atoms with Crippen molar-refractivity contribution in [3.8, 4) is 0 Å². The molecule has 1 unspecified atom stereocenters. The largest absolute Gasteiger partial charge is 0.416 e. The van der Waals surface area contributed by atoms with E-state index in [1.807, 2.05) is 17.9 Å². The molecule has 1 aliphatic heterocycles. The number of aryl methyl sites for hydroxylation is 1. The Balaban J connectivity index is 1.56. The van der Waals surface area contributed by atoms with E-state index in [0.29, 0.717) is 68.2 Å². The van der Waals surface area contributed by atoms with Crippen LogP contribution in [0.2, 0.25) is 0 Å². The van der Waals surface area contributed by atoms with Crippen LogP contribution in [0.5, 0.6) is 0 Å². The molecule has 2 aromatic heterocycles. The number of fused-ring (bicyclic) bond motifs is 1. The maximum absolute atomic E-state index is 13.8. The molecule has 13 heteroatoms. The molecule has 1 aliphatic carbocycles. The van der Waals surface area contributed by atoms with Gasteiger partial charge in [0.2, 0.25) is 11.7 Å². The first-order chi connectivity index (χ1) is 19.6. The number of methoxy groups -OCH3 is 1. The molecule has 1 amide bonds. The molecule has 1 saturated heterocycles. The number of allylic oxidation sites excluding steroid dienone is 1. The van der Waals surface area contributed by atoms with Crippen LogP contribution >= 0.6 is 0 Å². The van der Waals surface area contributed by atoms with Gasteiger partial charge in [0.1, 0.15) is 12.2 Å². The van der Waals surface area contributed by atoms with Crippen LogP contribution in [0.4, 0.5) is 24.5 Å². The zero-order valence-electron chi connectivity index (χ0n) is 23.3. The van der Waals surface area contributed by atoms with Gasteiger partial charge in [0.25, 0.3) is 5.56 Å². The fourth-order valence-electron chi connectivity index (χ4n) is 5.49. The third-order valence-electron chi connectivity index (χ3n) is 7.71. The Hall–Kier alpha value is -3.71. The molecule has 2 N–H and O–H groups in total. The first-order valence-corrected chi connectivity index (χ1v) is 13.8. The fourth-order valence-corrected chi connectivity index (χ4v) is 5.49. The highest BCUT2D eigenvalue weighted by molar-refractivity contribution is 5.91. The molecule has 0 saturated carbocycles. The summed E-state index contributed by atoms with van der Waals surface area (Å²) < 4.78 is 47.8. The molecule has 220 valence electrons. The lowest BCUT2D eigenvalue weighted by Gasteiger charge is -2.31. The number of hydrogen-bond donors (Lipinski definition) is 2. The molecule has 3 aromatic rings. The van der Waals surface area contributed by atoms with Gasteiger partial charge in [0.05, 0.1) is 17.4 Å². The normalized spacial score (nSPS) is 18.0. The number of anilines is 2. The van der Waals surface area contributed by atoms with Crippen molar-refractivity contribution in [1.82, 2.24) is 24.5 Å². The summed E-state index contributed by atoms with van der Waals surface area (Å²) in [6.07, 6.45) is 0.351. The number of piperazine rings is 1. The molecule has 0 radical (unpaired) electrons. The zero-order valence-corrected chi connectivity index (χ0v) is 23.3. The van der Waals surface area contributed by atoms with Crippen LogP contribution < -0.4 is 21.1 Å². The molecule has 2 aliphatic rings. The highest BCUT2D eigenvalue weighted by Gasteiger charge is 2.31. The number of halogens is 3. The van der Waals surface area contributed by atoms with Crippen molar-refractivity contribution < 1.29 is 22.7 Å². The van der Waals surface area contributed by atoms with E-state index in [-0.39, 0.29) is 29.7 Å². The van der Waals surface area contributed by atoms with Crippen LogP contribution in [0.3, 0.4) is 0 Å². The van der Waals surface area contributed by atoms with E-state index >= 15 is 0 Å². The lowest BCUT2D eigenvalue weighted by molar-refractivity contribution is -0.137. The van der Waals surface area contributed by atoms with E-state index in [2.05, 4.69) is 15.7 Å². The van der Waals surface area contributed by atoms with Crippen LogP contribution in [0.1, 0.15) is 48.8 Å². The third kappa shape index (κ3) is 5.87.